The first-order chi connectivity index (χ1) is 6.09. The third kappa shape index (κ3) is 3.37. The Hall–Kier alpha value is -0.530. The van der Waals surface area contributed by atoms with Gasteiger partial charge in [0.05, 0.1) is 0 Å². The molecule has 1 rings (SSSR count). The summed E-state index contributed by atoms with van der Waals surface area (Å²) in [5, 5.41) is 2.99. The monoisotopic (exact) mass is 183 g/mol. The Labute approximate surface area is 81.1 Å². The van der Waals surface area contributed by atoms with Gasteiger partial charge in [0.25, 0.3) is 0 Å². The minimum Gasteiger partial charge on any atom is -0.354 e. The van der Waals surface area contributed by atoms with E-state index in [-0.39, 0.29) is 11.9 Å². The molecule has 1 fully saturated rings. The molecule has 0 heterocycles. The summed E-state index contributed by atoms with van der Waals surface area (Å²) in [7, 11) is 0. The van der Waals surface area contributed by atoms with Crippen LogP contribution in [0.15, 0.2) is 0 Å². The number of amides is 1. The number of carbonyl (C=O) groups is 1. The molecule has 1 amide bonds. The van der Waals surface area contributed by atoms with Gasteiger partial charge in [-0.2, -0.15) is 0 Å². The largest absolute Gasteiger partial charge is 0.354 e. The predicted octanol–water partition coefficient (Wildman–Crippen LogP) is 2.34. The van der Waals surface area contributed by atoms with E-state index in [1.165, 1.54) is 12.8 Å². The van der Waals surface area contributed by atoms with Gasteiger partial charge in [-0.1, -0.05) is 6.92 Å². The van der Waals surface area contributed by atoms with Crippen molar-refractivity contribution in [2.24, 2.45) is 11.8 Å². The van der Waals surface area contributed by atoms with Crippen LogP contribution in [-0.4, -0.2) is 11.9 Å². The molecule has 0 atom stereocenters. The van der Waals surface area contributed by atoms with Gasteiger partial charge in [-0.25, -0.2) is 0 Å². The van der Waals surface area contributed by atoms with E-state index in [2.05, 4.69) is 12.2 Å². The Morgan fingerprint density at radius 3 is 2.23 bits per heavy atom. The SMILES string of the molecule is CC(C)NC(=O)[C@H]1CC[C@@H](C)CC1. The van der Waals surface area contributed by atoms with Gasteiger partial charge >= 0.3 is 0 Å². The van der Waals surface area contributed by atoms with E-state index in [9.17, 15) is 4.79 Å². The Morgan fingerprint density at radius 2 is 1.77 bits per heavy atom. The highest BCUT2D eigenvalue weighted by molar-refractivity contribution is 5.78. The lowest BCUT2D eigenvalue weighted by molar-refractivity contribution is -0.126. The average Bonchev–Trinajstić information content (AvgIpc) is 2.04. The second-order valence-corrected chi connectivity index (χ2v) is 4.62. The lowest BCUT2D eigenvalue weighted by Crippen LogP contribution is -2.37. The second-order valence-electron chi connectivity index (χ2n) is 4.62. The van der Waals surface area contributed by atoms with Gasteiger partial charge in [-0.15, -0.1) is 0 Å². The van der Waals surface area contributed by atoms with Crippen LogP contribution in [0.3, 0.4) is 0 Å². The Bertz CT molecular complexity index is 169. The molecule has 76 valence electrons. The van der Waals surface area contributed by atoms with Crippen LogP contribution in [0, 0.1) is 11.8 Å². The molecule has 0 aromatic rings. The average molecular weight is 183 g/mol. The zero-order valence-electron chi connectivity index (χ0n) is 8.97. The number of hydrogen-bond donors (Lipinski definition) is 1. The highest BCUT2D eigenvalue weighted by atomic mass is 16.1. The summed E-state index contributed by atoms with van der Waals surface area (Å²) in [5.74, 6) is 1.38. The first-order valence-corrected chi connectivity index (χ1v) is 5.40. The minimum absolute atomic E-state index is 0.266. The lowest BCUT2D eigenvalue weighted by Gasteiger charge is -2.25. The Balaban J connectivity index is 2.31. The van der Waals surface area contributed by atoms with Crippen LogP contribution in [0.5, 0.6) is 0 Å². The molecule has 0 aromatic heterocycles. The zero-order valence-corrected chi connectivity index (χ0v) is 8.97. The normalized spacial score (nSPS) is 28.9. The van der Waals surface area contributed by atoms with Crippen LogP contribution >= 0.6 is 0 Å². The molecule has 0 saturated heterocycles. The van der Waals surface area contributed by atoms with Crippen LogP contribution in [0.4, 0.5) is 0 Å². The molecule has 1 aliphatic rings. The highest BCUT2D eigenvalue weighted by Crippen LogP contribution is 2.28. The molecule has 1 N–H and O–H groups in total. The van der Waals surface area contributed by atoms with Gasteiger partial charge in [0, 0.05) is 12.0 Å². The molecule has 2 heteroatoms. The van der Waals surface area contributed by atoms with Crippen molar-refractivity contribution in [1.29, 1.82) is 0 Å². The minimum atomic E-state index is 0.266. The number of rotatable bonds is 2. The first-order valence-electron chi connectivity index (χ1n) is 5.40. The molecule has 0 bridgehead atoms. The van der Waals surface area contributed by atoms with Crippen molar-refractivity contribution in [3.05, 3.63) is 0 Å². The van der Waals surface area contributed by atoms with Crippen LogP contribution in [0.2, 0.25) is 0 Å². The Kier molecular flexibility index (Phi) is 3.76. The van der Waals surface area contributed by atoms with Crippen LogP contribution < -0.4 is 5.32 Å². The van der Waals surface area contributed by atoms with E-state index in [1.54, 1.807) is 0 Å². The fourth-order valence-corrected chi connectivity index (χ4v) is 1.92. The van der Waals surface area contributed by atoms with Crippen molar-refractivity contribution >= 4 is 5.91 Å². The van der Waals surface area contributed by atoms with E-state index in [0.29, 0.717) is 5.92 Å². The second kappa shape index (κ2) is 4.64. The summed E-state index contributed by atoms with van der Waals surface area (Å²) < 4.78 is 0. The maximum Gasteiger partial charge on any atom is 0.223 e. The molecule has 13 heavy (non-hydrogen) atoms. The van der Waals surface area contributed by atoms with E-state index in [4.69, 9.17) is 0 Å². The molecule has 0 unspecified atom stereocenters. The van der Waals surface area contributed by atoms with Crippen molar-refractivity contribution in [2.45, 2.75) is 52.5 Å². The van der Waals surface area contributed by atoms with Gasteiger partial charge in [0.15, 0.2) is 0 Å². The molecule has 0 radical (unpaired) electrons. The maximum absolute atomic E-state index is 11.6. The molecular weight excluding hydrogens is 162 g/mol. The van der Waals surface area contributed by atoms with Gasteiger partial charge in [0.1, 0.15) is 0 Å². The maximum atomic E-state index is 11.6. The lowest BCUT2D eigenvalue weighted by atomic mass is 9.82. The molecular formula is C11H21NO. The highest BCUT2D eigenvalue weighted by Gasteiger charge is 2.24. The fraction of sp³-hybridized carbons (Fsp3) is 0.909. The summed E-state index contributed by atoms with van der Waals surface area (Å²) >= 11 is 0. The quantitative estimate of drug-likeness (QED) is 0.699. The van der Waals surface area contributed by atoms with Crippen molar-refractivity contribution in [3.63, 3.8) is 0 Å². The summed E-state index contributed by atoms with van der Waals surface area (Å²) in [4.78, 5) is 11.6. The van der Waals surface area contributed by atoms with E-state index < -0.39 is 0 Å². The topological polar surface area (TPSA) is 29.1 Å². The zero-order chi connectivity index (χ0) is 9.84. The first kappa shape index (κ1) is 10.6. The van der Waals surface area contributed by atoms with Gasteiger partial charge in [0.2, 0.25) is 5.91 Å². The standard InChI is InChI=1S/C11H21NO/c1-8(2)12-11(13)10-6-4-9(3)5-7-10/h8-10H,4-7H2,1-3H3,(H,12,13)/t9-,10+. The van der Waals surface area contributed by atoms with Gasteiger partial charge in [-0.05, 0) is 45.4 Å². The third-order valence-electron chi connectivity index (χ3n) is 2.82. The fourth-order valence-electron chi connectivity index (χ4n) is 1.92. The van der Waals surface area contributed by atoms with Crippen molar-refractivity contribution in [2.75, 3.05) is 0 Å². The molecule has 0 aromatic carbocycles. The smallest absolute Gasteiger partial charge is 0.223 e. The van der Waals surface area contributed by atoms with Crippen molar-refractivity contribution < 1.29 is 4.79 Å². The molecule has 0 spiro atoms. The molecule has 1 aliphatic carbocycles. The van der Waals surface area contributed by atoms with Crippen LogP contribution in [0.25, 0.3) is 0 Å². The van der Waals surface area contributed by atoms with Gasteiger partial charge < -0.3 is 5.32 Å². The van der Waals surface area contributed by atoms with Crippen molar-refractivity contribution in [1.82, 2.24) is 5.32 Å². The number of nitrogens with one attached hydrogen (secondary N) is 1. The number of hydrogen-bond acceptors (Lipinski definition) is 1. The van der Waals surface area contributed by atoms with Crippen LogP contribution in [0.1, 0.15) is 46.5 Å². The summed E-state index contributed by atoms with van der Waals surface area (Å²) in [6.07, 6.45) is 4.60. The molecule has 1 saturated carbocycles. The molecule has 2 nitrogen and oxygen atoms in total. The van der Waals surface area contributed by atoms with Crippen molar-refractivity contribution in [3.8, 4) is 0 Å². The Morgan fingerprint density at radius 1 is 1.23 bits per heavy atom. The van der Waals surface area contributed by atoms with E-state index in [0.717, 1.165) is 18.8 Å². The predicted molar refractivity (Wildman–Crippen MR) is 54.4 cm³/mol. The molecule has 0 aliphatic heterocycles. The third-order valence-corrected chi connectivity index (χ3v) is 2.82. The van der Waals surface area contributed by atoms with E-state index in [1.807, 2.05) is 13.8 Å². The van der Waals surface area contributed by atoms with Crippen LogP contribution in [-0.2, 0) is 4.79 Å². The van der Waals surface area contributed by atoms with E-state index >= 15 is 0 Å². The van der Waals surface area contributed by atoms with Gasteiger partial charge in [-0.3, -0.25) is 4.79 Å². The summed E-state index contributed by atoms with van der Waals surface area (Å²) in [5.41, 5.74) is 0. The summed E-state index contributed by atoms with van der Waals surface area (Å²) in [6.45, 7) is 6.31. The number of carbonyl (C=O) groups excluding carboxylic acids is 1. The summed E-state index contributed by atoms with van der Waals surface area (Å²) in [6, 6.07) is 0.284.